The lowest BCUT2D eigenvalue weighted by molar-refractivity contribution is -0.341. The van der Waals surface area contributed by atoms with Crippen LogP contribution in [0.4, 0.5) is 0 Å². The molecule has 3 rings (SSSR count). The first-order chi connectivity index (χ1) is 12.9. The first-order valence-electron chi connectivity index (χ1n) is 10.6. The van der Waals surface area contributed by atoms with E-state index in [1.54, 1.807) is 0 Å². The minimum atomic E-state index is -1.44. The van der Waals surface area contributed by atoms with Crippen LogP contribution in [0.1, 0.15) is 66.2 Å². The van der Waals surface area contributed by atoms with E-state index in [9.17, 15) is 25.5 Å². The molecule has 0 spiro atoms. The molecule has 7 nitrogen and oxygen atoms in total. The Kier molecular flexibility index (Phi) is 6.21. The third-order valence-corrected chi connectivity index (χ3v) is 7.82. The van der Waals surface area contributed by atoms with Gasteiger partial charge in [-0.25, -0.2) is 0 Å². The van der Waals surface area contributed by atoms with Crippen molar-refractivity contribution in [3.63, 3.8) is 0 Å². The number of aliphatic hydroxyl groups is 5. The lowest BCUT2D eigenvalue weighted by atomic mass is 9.52. The summed E-state index contributed by atoms with van der Waals surface area (Å²) in [5.41, 5.74) is -1.27. The Morgan fingerprint density at radius 1 is 1.04 bits per heavy atom. The lowest BCUT2D eigenvalue weighted by Crippen LogP contribution is -2.63. The van der Waals surface area contributed by atoms with Crippen LogP contribution in [-0.2, 0) is 9.47 Å². The van der Waals surface area contributed by atoms with Crippen molar-refractivity contribution in [3.05, 3.63) is 0 Å². The average molecular weight is 403 g/mol. The fourth-order valence-corrected chi connectivity index (χ4v) is 5.88. The molecule has 1 aliphatic heterocycles. The first-order valence-corrected chi connectivity index (χ1v) is 10.6. The molecular weight excluding hydrogens is 364 g/mol. The van der Waals surface area contributed by atoms with Crippen molar-refractivity contribution in [3.8, 4) is 0 Å². The van der Waals surface area contributed by atoms with Crippen molar-refractivity contribution < 1.29 is 35.0 Å². The SMILES string of the molecule is CC(C)(O)C1CCC2(C)CCCC(C)(OC3OC(CO)C(O)C(O)C3O)C2C1. The fourth-order valence-electron chi connectivity index (χ4n) is 5.88. The summed E-state index contributed by atoms with van der Waals surface area (Å²) < 4.78 is 12.0. The van der Waals surface area contributed by atoms with Gasteiger partial charge >= 0.3 is 0 Å². The predicted molar refractivity (Wildman–Crippen MR) is 102 cm³/mol. The summed E-state index contributed by atoms with van der Waals surface area (Å²) in [5, 5.41) is 50.6. The quantitative estimate of drug-likeness (QED) is 0.475. The first kappa shape index (κ1) is 22.4. The maximum atomic E-state index is 10.6. The minimum Gasteiger partial charge on any atom is -0.394 e. The highest BCUT2D eigenvalue weighted by molar-refractivity contribution is 5.05. The largest absolute Gasteiger partial charge is 0.394 e. The topological polar surface area (TPSA) is 120 Å². The summed E-state index contributed by atoms with van der Waals surface area (Å²) in [6.07, 6.45) is -0.609. The summed E-state index contributed by atoms with van der Waals surface area (Å²) in [6.45, 7) is 7.57. The number of rotatable bonds is 4. The summed E-state index contributed by atoms with van der Waals surface area (Å²) in [7, 11) is 0. The minimum absolute atomic E-state index is 0.0862. The van der Waals surface area contributed by atoms with Crippen molar-refractivity contribution in [2.75, 3.05) is 6.61 Å². The number of hydrogen-bond donors (Lipinski definition) is 5. The standard InChI is InChI=1S/C21H38O7/c1-19(2,26)12-6-9-20(3)7-5-8-21(4,14(20)10-12)28-18-17(25)16(24)15(23)13(11-22)27-18/h12-18,22-26H,5-11H2,1-4H3. The van der Waals surface area contributed by atoms with Gasteiger partial charge in [0.2, 0.25) is 0 Å². The van der Waals surface area contributed by atoms with Crippen molar-refractivity contribution in [2.24, 2.45) is 17.3 Å². The molecule has 2 saturated carbocycles. The molecule has 1 heterocycles. The van der Waals surface area contributed by atoms with Crippen LogP contribution in [0.15, 0.2) is 0 Å². The molecule has 9 atom stereocenters. The van der Waals surface area contributed by atoms with Crippen molar-refractivity contribution in [1.29, 1.82) is 0 Å². The zero-order valence-corrected chi connectivity index (χ0v) is 17.5. The fraction of sp³-hybridized carbons (Fsp3) is 1.00. The van der Waals surface area contributed by atoms with Gasteiger partial charge in [-0.1, -0.05) is 13.3 Å². The molecule has 0 aromatic heterocycles. The summed E-state index contributed by atoms with van der Waals surface area (Å²) in [5.74, 6) is 0.340. The normalized spacial score (nSPS) is 50.2. The molecule has 0 bridgehead atoms. The highest BCUT2D eigenvalue weighted by Crippen LogP contribution is 2.58. The van der Waals surface area contributed by atoms with E-state index < -0.39 is 48.5 Å². The van der Waals surface area contributed by atoms with Gasteiger partial charge in [0, 0.05) is 0 Å². The molecule has 0 aromatic carbocycles. The number of hydrogen-bond acceptors (Lipinski definition) is 7. The molecule has 1 saturated heterocycles. The van der Waals surface area contributed by atoms with Crippen molar-refractivity contribution in [2.45, 2.75) is 108 Å². The average Bonchev–Trinajstić information content (AvgIpc) is 2.61. The lowest BCUT2D eigenvalue weighted by Gasteiger charge is -2.58. The van der Waals surface area contributed by atoms with Crippen LogP contribution in [-0.4, -0.2) is 74.0 Å². The molecule has 7 heteroatoms. The number of ether oxygens (including phenoxy) is 2. The molecule has 0 aromatic rings. The zero-order chi connectivity index (χ0) is 20.9. The third-order valence-electron chi connectivity index (χ3n) is 7.82. The van der Waals surface area contributed by atoms with Crippen LogP contribution in [0.5, 0.6) is 0 Å². The molecule has 0 radical (unpaired) electrons. The molecule has 5 N–H and O–H groups in total. The van der Waals surface area contributed by atoms with E-state index in [2.05, 4.69) is 6.92 Å². The summed E-state index contributed by atoms with van der Waals surface area (Å²) in [4.78, 5) is 0. The van der Waals surface area contributed by atoms with E-state index in [0.29, 0.717) is 0 Å². The van der Waals surface area contributed by atoms with Gasteiger partial charge in [0.05, 0.1) is 17.8 Å². The second-order valence-corrected chi connectivity index (χ2v) is 10.3. The number of aliphatic hydroxyl groups excluding tert-OH is 4. The Morgan fingerprint density at radius 3 is 2.32 bits per heavy atom. The second-order valence-electron chi connectivity index (χ2n) is 10.3. The highest BCUT2D eigenvalue weighted by atomic mass is 16.7. The smallest absolute Gasteiger partial charge is 0.187 e. The van der Waals surface area contributed by atoms with Gasteiger partial charge in [0.15, 0.2) is 6.29 Å². The third kappa shape index (κ3) is 4.00. The summed E-state index contributed by atoms with van der Waals surface area (Å²) in [6, 6.07) is 0. The Labute approximate surface area is 167 Å². The van der Waals surface area contributed by atoms with Gasteiger partial charge in [-0.15, -0.1) is 0 Å². The van der Waals surface area contributed by atoms with Gasteiger partial charge in [-0.05, 0) is 70.1 Å². The van der Waals surface area contributed by atoms with Gasteiger partial charge < -0.3 is 35.0 Å². The van der Waals surface area contributed by atoms with E-state index in [1.807, 2.05) is 20.8 Å². The van der Waals surface area contributed by atoms with Crippen LogP contribution < -0.4 is 0 Å². The van der Waals surface area contributed by atoms with E-state index >= 15 is 0 Å². The Morgan fingerprint density at radius 2 is 1.71 bits per heavy atom. The van der Waals surface area contributed by atoms with E-state index in [1.165, 1.54) is 0 Å². The second kappa shape index (κ2) is 7.76. The Balaban J connectivity index is 1.82. The van der Waals surface area contributed by atoms with Crippen molar-refractivity contribution >= 4 is 0 Å². The molecular formula is C21H38O7. The molecule has 2 aliphatic carbocycles. The molecule has 3 aliphatic rings. The van der Waals surface area contributed by atoms with Crippen LogP contribution in [0.2, 0.25) is 0 Å². The highest BCUT2D eigenvalue weighted by Gasteiger charge is 2.56. The molecule has 0 amide bonds. The molecule has 3 fully saturated rings. The zero-order valence-electron chi connectivity index (χ0n) is 17.5. The van der Waals surface area contributed by atoms with E-state index in [-0.39, 0.29) is 17.3 Å². The van der Waals surface area contributed by atoms with Crippen molar-refractivity contribution in [1.82, 2.24) is 0 Å². The van der Waals surface area contributed by atoms with Gasteiger partial charge in [-0.2, -0.15) is 0 Å². The monoisotopic (exact) mass is 402 g/mol. The van der Waals surface area contributed by atoms with E-state index in [4.69, 9.17) is 9.47 Å². The maximum Gasteiger partial charge on any atom is 0.187 e. The van der Waals surface area contributed by atoms with Gasteiger partial charge in [0.1, 0.15) is 24.4 Å². The van der Waals surface area contributed by atoms with Crippen LogP contribution in [0.25, 0.3) is 0 Å². The molecule has 164 valence electrons. The Bertz CT molecular complexity index is 547. The molecule has 28 heavy (non-hydrogen) atoms. The van der Waals surface area contributed by atoms with Gasteiger partial charge in [0.25, 0.3) is 0 Å². The molecule has 9 unspecified atom stereocenters. The van der Waals surface area contributed by atoms with Crippen LogP contribution in [0.3, 0.4) is 0 Å². The maximum absolute atomic E-state index is 10.6. The van der Waals surface area contributed by atoms with Gasteiger partial charge in [-0.3, -0.25) is 0 Å². The van der Waals surface area contributed by atoms with Crippen LogP contribution >= 0.6 is 0 Å². The summed E-state index contributed by atoms with van der Waals surface area (Å²) >= 11 is 0. The van der Waals surface area contributed by atoms with Crippen LogP contribution in [0, 0.1) is 17.3 Å². The van der Waals surface area contributed by atoms with E-state index in [0.717, 1.165) is 38.5 Å². The predicted octanol–water partition coefficient (Wildman–Crippen LogP) is 0.939. The Hall–Kier alpha value is -0.280. The number of fused-ring (bicyclic) bond motifs is 1.